The van der Waals surface area contributed by atoms with E-state index in [1.807, 2.05) is 4.90 Å². The van der Waals surface area contributed by atoms with E-state index in [1.165, 1.54) is 0 Å². The second-order valence-electron chi connectivity index (χ2n) is 4.85. The SMILES string of the molecule is CC(C)NCc1nnc(N2CCC(C(N)=O)C2)o1. The number of carbonyl (C=O) groups excluding carboxylic acids is 1. The van der Waals surface area contributed by atoms with Gasteiger partial charge in [-0.15, -0.1) is 5.10 Å². The Balaban J connectivity index is 1.92. The smallest absolute Gasteiger partial charge is 0.318 e. The molecule has 0 bridgehead atoms. The molecule has 100 valence electrons. The molecule has 0 radical (unpaired) electrons. The Labute approximate surface area is 106 Å². The van der Waals surface area contributed by atoms with E-state index in [2.05, 4.69) is 29.4 Å². The van der Waals surface area contributed by atoms with Crippen LogP contribution in [0.3, 0.4) is 0 Å². The molecule has 1 aromatic heterocycles. The van der Waals surface area contributed by atoms with Gasteiger partial charge in [0.1, 0.15) is 0 Å². The first-order valence-corrected chi connectivity index (χ1v) is 6.16. The zero-order valence-electron chi connectivity index (χ0n) is 10.7. The van der Waals surface area contributed by atoms with E-state index in [0.29, 0.717) is 31.0 Å². The molecule has 1 fully saturated rings. The predicted molar refractivity (Wildman–Crippen MR) is 65.8 cm³/mol. The minimum atomic E-state index is -0.265. The van der Waals surface area contributed by atoms with Gasteiger partial charge in [0.25, 0.3) is 0 Å². The van der Waals surface area contributed by atoms with Gasteiger partial charge >= 0.3 is 6.01 Å². The Morgan fingerprint density at radius 2 is 2.39 bits per heavy atom. The van der Waals surface area contributed by atoms with E-state index in [0.717, 1.165) is 13.0 Å². The van der Waals surface area contributed by atoms with Crippen LogP contribution in [0.5, 0.6) is 0 Å². The van der Waals surface area contributed by atoms with Gasteiger partial charge in [0.05, 0.1) is 12.5 Å². The lowest BCUT2D eigenvalue weighted by Gasteiger charge is -2.11. The molecule has 1 aromatic rings. The van der Waals surface area contributed by atoms with Crippen molar-refractivity contribution >= 4 is 11.9 Å². The van der Waals surface area contributed by atoms with Crippen molar-refractivity contribution in [1.29, 1.82) is 0 Å². The third kappa shape index (κ3) is 2.98. The van der Waals surface area contributed by atoms with Gasteiger partial charge < -0.3 is 20.4 Å². The molecular weight excluding hydrogens is 234 g/mol. The van der Waals surface area contributed by atoms with Crippen molar-refractivity contribution in [3.8, 4) is 0 Å². The van der Waals surface area contributed by atoms with Crippen LogP contribution in [0, 0.1) is 5.92 Å². The number of nitrogens with two attached hydrogens (primary N) is 1. The van der Waals surface area contributed by atoms with Gasteiger partial charge in [-0.25, -0.2) is 0 Å². The Hall–Kier alpha value is -1.63. The summed E-state index contributed by atoms with van der Waals surface area (Å²) >= 11 is 0. The monoisotopic (exact) mass is 253 g/mol. The zero-order chi connectivity index (χ0) is 13.1. The first-order chi connectivity index (χ1) is 8.56. The third-order valence-corrected chi connectivity index (χ3v) is 2.98. The molecule has 7 heteroatoms. The molecule has 1 aliphatic rings. The number of rotatable bonds is 5. The van der Waals surface area contributed by atoms with Crippen LogP contribution in [0.25, 0.3) is 0 Å². The summed E-state index contributed by atoms with van der Waals surface area (Å²) < 4.78 is 5.54. The molecule has 0 saturated carbocycles. The number of carbonyl (C=O) groups is 1. The van der Waals surface area contributed by atoms with Crippen molar-refractivity contribution in [2.45, 2.75) is 32.9 Å². The number of anilines is 1. The number of amides is 1. The van der Waals surface area contributed by atoms with E-state index in [1.54, 1.807) is 0 Å². The molecule has 0 aromatic carbocycles. The third-order valence-electron chi connectivity index (χ3n) is 2.98. The molecule has 1 unspecified atom stereocenters. The van der Waals surface area contributed by atoms with E-state index in [4.69, 9.17) is 10.2 Å². The van der Waals surface area contributed by atoms with Gasteiger partial charge in [-0.3, -0.25) is 4.79 Å². The van der Waals surface area contributed by atoms with E-state index in [9.17, 15) is 4.79 Å². The number of nitrogens with one attached hydrogen (secondary N) is 1. The van der Waals surface area contributed by atoms with E-state index < -0.39 is 0 Å². The maximum atomic E-state index is 11.1. The lowest BCUT2D eigenvalue weighted by atomic mass is 10.1. The van der Waals surface area contributed by atoms with Crippen LogP contribution in [0.2, 0.25) is 0 Å². The van der Waals surface area contributed by atoms with Crippen LogP contribution in [-0.2, 0) is 11.3 Å². The number of hydrogen-bond acceptors (Lipinski definition) is 6. The highest BCUT2D eigenvalue weighted by molar-refractivity contribution is 5.77. The van der Waals surface area contributed by atoms with Crippen molar-refractivity contribution in [2.75, 3.05) is 18.0 Å². The second-order valence-corrected chi connectivity index (χ2v) is 4.85. The molecule has 7 nitrogen and oxygen atoms in total. The average molecular weight is 253 g/mol. The van der Waals surface area contributed by atoms with Crippen molar-refractivity contribution in [1.82, 2.24) is 15.5 Å². The number of aromatic nitrogens is 2. The topological polar surface area (TPSA) is 97.3 Å². The summed E-state index contributed by atoms with van der Waals surface area (Å²) in [6.45, 7) is 5.95. The highest BCUT2D eigenvalue weighted by Crippen LogP contribution is 2.22. The number of primary amides is 1. The molecule has 3 N–H and O–H groups in total. The van der Waals surface area contributed by atoms with Gasteiger partial charge in [-0.05, 0) is 6.42 Å². The van der Waals surface area contributed by atoms with Crippen molar-refractivity contribution < 1.29 is 9.21 Å². The fraction of sp³-hybridized carbons (Fsp3) is 0.727. The average Bonchev–Trinajstić information content (AvgIpc) is 2.95. The van der Waals surface area contributed by atoms with Crippen LogP contribution >= 0.6 is 0 Å². The Morgan fingerprint density at radius 1 is 1.61 bits per heavy atom. The number of hydrogen-bond donors (Lipinski definition) is 2. The molecule has 1 amide bonds. The Morgan fingerprint density at radius 3 is 3.00 bits per heavy atom. The summed E-state index contributed by atoms with van der Waals surface area (Å²) in [7, 11) is 0. The maximum absolute atomic E-state index is 11.1. The quantitative estimate of drug-likeness (QED) is 0.759. The summed E-state index contributed by atoms with van der Waals surface area (Å²) in [5, 5.41) is 11.2. The molecule has 1 saturated heterocycles. The fourth-order valence-electron chi connectivity index (χ4n) is 1.90. The highest BCUT2D eigenvalue weighted by Gasteiger charge is 2.29. The molecule has 0 spiro atoms. The minimum Gasteiger partial charge on any atom is -0.407 e. The summed E-state index contributed by atoms with van der Waals surface area (Å²) in [5.41, 5.74) is 5.28. The van der Waals surface area contributed by atoms with Gasteiger partial charge in [-0.1, -0.05) is 18.9 Å². The van der Waals surface area contributed by atoms with Gasteiger partial charge in [0, 0.05) is 19.1 Å². The normalized spacial score (nSPS) is 19.7. The first-order valence-electron chi connectivity index (χ1n) is 6.16. The minimum absolute atomic E-state index is 0.117. The van der Waals surface area contributed by atoms with Crippen molar-refractivity contribution in [2.24, 2.45) is 11.7 Å². The molecule has 0 aliphatic carbocycles. The first kappa shape index (κ1) is 12.8. The van der Waals surface area contributed by atoms with Crippen molar-refractivity contribution in [3.05, 3.63) is 5.89 Å². The fourth-order valence-corrected chi connectivity index (χ4v) is 1.90. The van der Waals surface area contributed by atoms with Crippen LogP contribution in [0.4, 0.5) is 6.01 Å². The Kier molecular flexibility index (Phi) is 3.81. The van der Waals surface area contributed by atoms with E-state index in [-0.39, 0.29) is 11.8 Å². The van der Waals surface area contributed by atoms with Gasteiger partial charge in [0.15, 0.2) is 0 Å². The van der Waals surface area contributed by atoms with Crippen LogP contribution < -0.4 is 16.0 Å². The lowest BCUT2D eigenvalue weighted by Crippen LogP contribution is -2.27. The van der Waals surface area contributed by atoms with Gasteiger partial charge in [-0.2, -0.15) is 0 Å². The van der Waals surface area contributed by atoms with Crippen LogP contribution in [-0.4, -0.2) is 35.2 Å². The van der Waals surface area contributed by atoms with Crippen molar-refractivity contribution in [3.63, 3.8) is 0 Å². The lowest BCUT2D eigenvalue weighted by molar-refractivity contribution is -0.121. The van der Waals surface area contributed by atoms with Gasteiger partial charge in [0.2, 0.25) is 11.8 Å². The molecule has 1 atom stereocenters. The van der Waals surface area contributed by atoms with E-state index >= 15 is 0 Å². The second kappa shape index (κ2) is 5.34. The van der Waals surface area contributed by atoms with Crippen LogP contribution in [0.1, 0.15) is 26.2 Å². The molecule has 18 heavy (non-hydrogen) atoms. The molecule has 1 aliphatic heterocycles. The molecule has 2 rings (SSSR count). The largest absolute Gasteiger partial charge is 0.407 e. The maximum Gasteiger partial charge on any atom is 0.318 e. The summed E-state index contributed by atoms with van der Waals surface area (Å²) in [6, 6.07) is 0.839. The molecule has 2 heterocycles. The molecular formula is C11H19N5O2. The standard InChI is InChI=1S/C11H19N5O2/c1-7(2)13-5-9-14-15-11(18-9)16-4-3-8(6-16)10(12)17/h7-8,13H,3-6H2,1-2H3,(H2,12,17). The summed E-state index contributed by atoms with van der Waals surface area (Å²) in [5.74, 6) is 0.175. The summed E-state index contributed by atoms with van der Waals surface area (Å²) in [4.78, 5) is 13.0. The summed E-state index contributed by atoms with van der Waals surface area (Å²) in [6.07, 6.45) is 0.747. The number of nitrogens with zero attached hydrogens (tertiary/aromatic N) is 3. The van der Waals surface area contributed by atoms with Crippen LogP contribution in [0.15, 0.2) is 4.42 Å². The highest BCUT2D eigenvalue weighted by atomic mass is 16.4. The zero-order valence-corrected chi connectivity index (χ0v) is 10.7. The Bertz CT molecular complexity index is 417. The predicted octanol–water partition coefficient (Wildman–Crippen LogP) is -0.121.